The van der Waals surface area contributed by atoms with Gasteiger partial charge < -0.3 is 10.2 Å². The number of nitrogens with one attached hydrogen (secondary N) is 1. The summed E-state index contributed by atoms with van der Waals surface area (Å²) in [7, 11) is 3.70. The van der Waals surface area contributed by atoms with Crippen molar-refractivity contribution in [3.63, 3.8) is 0 Å². The van der Waals surface area contributed by atoms with Gasteiger partial charge in [-0.25, -0.2) is 4.68 Å². The van der Waals surface area contributed by atoms with Gasteiger partial charge in [0.15, 0.2) is 0 Å². The minimum absolute atomic E-state index is 0.0310. The summed E-state index contributed by atoms with van der Waals surface area (Å²) in [4.78, 5) is 16.0. The lowest BCUT2D eigenvalue weighted by atomic mass is 10.3. The monoisotopic (exact) mass is 362 g/mol. The number of hydrogen-bond acceptors (Lipinski definition) is 4. The molecular weight excluding hydrogens is 344 g/mol. The van der Waals surface area contributed by atoms with Gasteiger partial charge in [-0.2, -0.15) is 5.10 Å². The van der Waals surface area contributed by atoms with E-state index in [2.05, 4.69) is 10.4 Å². The molecule has 3 aromatic rings. The van der Waals surface area contributed by atoms with Crippen molar-refractivity contribution in [2.75, 3.05) is 27.2 Å². The number of halogens is 1. The van der Waals surface area contributed by atoms with E-state index in [0.717, 1.165) is 33.0 Å². The standard InChI is InChI=1S/C17H19ClN4OS/c1-11-14-10-15(16(23)21(3)8-7-19-2)24-17(14)22(20-11)13-6-4-5-12(18)9-13/h4-6,9-10,19H,7-8H2,1-3H3. The number of aromatic nitrogens is 2. The molecule has 7 heteroatoms. The first kappa shape index (κ1) is 17.0. The Morgan fingerprint density at radius 1 is 1.42 bits per heavy atom. The smallest absolute Gasteiger partial charge is 0.263 e. The average Bonchev–Trinajstić information content (AvgIpc) is 3.12. The van der Waals surface area contributed by atoms with E-state index in [4.69, 9.17) is 11.6 Å². The predicted octanol–water partition coefficient (Wildman–Crippen LogP) is 3.34. The highest BCUT2D eigenvalue weighted by atomic mass is 35.5. The lowest BCUT2D eigenvalue weighted by molar-refractivity contribution is 0.0801. The van der Waals surface area contributed by atoms with Crippen molar-refractivity contribution in [3.05, 3.63) is 45.9 Å². The van der Waals surface area contributed by atoms with Gasteiger partial charge >= 0.3 is 0 Å². The summed E-state index contributed by atoms with van der Waals surface area (Å²) in [5.74, 6) is 0.0310. The average molecular weight is 363 g/mol. The topological polar surface area (TPSA) is 50.2 Å². The molecule has 0 aliphatic heterocycles. The first-order valence-electron chi connectivity index (χ1n) is 7.66. The van der Waals surface area contributed by atoms with Gasteiger partial charge in [-0.15, -0.1) is 11.3 Å². The second kappa shape index (κ2) is 6.93. The highest BCUT2D eigenvalue weighted by Crippen LogP contribution is 2.31. The molecule has 126 valence electrons. The number of benzene rings is 1. The van der Waals surface area contributed by atoms with Crippen LogP contribution in [-0.4, -0.2) is 47.8 Å². The highest BCUT2D eigenvalue weighted by Gasteiger charge is 2.19. The SMILES string of the molecule is CNCCN(C)C(=O)c1cc2c(C)nn(-c3cccc(Cl)c3)c2s1. The van der Waals surface area contributed by atoms with Crippen LogP contribution in [0.25, 0.3) is 15.9 Å². The summed E-state index contributed by atoms with van der Waals surface area (Å²) in [6, 6.07) is 9.48. The van der Waals surface area contributed by atoms with Crippen LogP contribution in [0.2, 0.25) is 5.02 Å². The predicted molar refractivity (Wildman–Crippen MR) is 99.6 cm³/mol. The highest BCUT2D eigenvalue weighted by molar-refractivity contribution is 7.20. The number of amides is 1. The Morgan fingerprint density at radius 3 is 2.92 bits per heavy atom. The molecule has 3 rings (SSSR count). The second-order valence-corrected chi connectivity index (χ2v) is 7.10. The number of carbonyl (C=O) groups excluding carboxylic acids is 1. The van der Waals surface area contributed by atoms with E-state index in [-0.39, 0.29) is 5.91 Å². The van der Waals surface area contributed by atoms with Gasteiger partial charge in [0.2, 0.25) is 0 Å². The van der Waals surface area contributed by atoms with Crippen molar-refractivity contribution in [2.45, 2.75) is 6.92 Å². The molecule has 0 spiro atoms. The number of thiophene rings is 1. The number of fused-ring (bicyclic) bond motifs is 1. The summed E-state index contributed by atoms with van der Waals surface area (Å²) >= 11 is 7.56. The molecule has 2 aromatic heterocycles. The summed E-state index contributed by atoms with van der Waals surface area (Å²) in [5.41, 5.74) is 1.79. The molecule has 2 heterocycles. The number of aryl methyl sites for hydroxylation is 1. The van der Waals surface area contributed by atoms with Gasteiger partial charge in [-0.1, -0.05) is 17.7 Å². The first-order chi connectivity index (χ1) is 11.5. The maximum absolute atomic E-state index is 12.6. The molecule has 1 aromatic carbocycles. The number of carbonyl (C=O) groups is 1. The maximum atomic E-state index is 12.6. The van der Waals surface area contributed by atoms with Crippen LogP contribution >= 0.6 is 22.9 Å². The van der Waals surface area contributed by atoms with Crippen molar-refractivity contribution < 1.29 is 4.79 Å². The lowest BCUT2D eigenvalue weighted by Crippen LogP contribution is -2.32. The zero-order chi connectivity index (χ0) is 17.3. The Hall–Kier alpha value is -1.89. The van der Waals surface area contributed by atoms with Crippen LogP contribution in [0.1, 0.15) is 15.4 Å². The molecular formula is C17H19ClN4OS. The van der Waals surface area contributed by atoms with Gasteiger partial charge in [0.1, 0.15) is 4.83 Å². The van der Waals surface area contributed by atoms with Crippen molar-refractivity contribution in [2.24, 2.45) is 0 Å². The van der Waals surface area contributed by atoms with Crippen molar-refractivity contribution in [1.29, 1.82) is 0 Å². The van der Waals surface area contributed by atoms with Gasteiger partial charge in [-0.05, 0) is 38.2 Å². The first-order valence-corrected chi connectivity index (χ1v) is 8.86. The Kier molecular flexibility index (Phi) is 4.89. The molecule has 0 saturated carbocycles. The molecule has 0 aliphatic carbocycles. The van der Waals surface area contributed by atoms with Crippen molar-refractivity contribution >= 4 is 39.1 Å². The summed E-state index contributed by atoms with van der Waals surface area (Å²) in [6.45, 7) is 3.39. The van der Waals surface area contributed by atoms with Gasteiger partial charge in [0, 0.05) is 30.5 Å². The molecule has 1 amide bonds. The molecule has 0 unspecified atom stereocenters. The van der Waals surface area contributed by atoms with E-state index < -0.39 is 0 Å². The Bertz CT molecular complexity index is 886. The van der Waals surface area contributed by atoms with Crippen LogP contribution in [0.15, 0.2) is 30.3 Å². The van der Waals surface area contributed by atoms with Crippen LogP contribution in [0.5, 0.6) is 0 Å². The molecule has 24 heavy (non-hydrogen) atoms. The fourth-order valence-electron chi connectivity index (χ4n) is 2.50. The molecule has 0 radical (unpaired) electrons. The minimum Gasteiger partial charge on any atom is -0.340 e. The zero-order valence-corrected chi connectivity index (χ0v) is 15.4. The van der Waals surface area contributed by atoms with Gasteiger partial charge in [-0.3, -0.25) is 4.79 Å². The van der Waals surface area contributed by atoms with E-state index in [1.165, 1.54) is 11.3 Å². The summed E-state index contributed by atoms with van der Waals surface area (Å²) in [5, 5.41) is 9.31. The summed E-state index contributed by atoms with van der Waals surface area (Å²) < 4.78 is 1.85. The number of likely N-dealkylation sites (N-methyl/N-ethyl adjacent to an activating group) is 2. The quantitative estimate of drug-likeness (QED) is 0.757. The van der Waals surface area contributed by atoms with Crippen molar-refractivity contribution in [1.82, 2.24) is 20.0 Å². The lowest BCUT2D eigenvalue weighted by Gasteiger charge is -2.15. The van der Waals surface area contributed by atoms with Crippen LogP contribution < -0.4 is 5.32 Å². The molecule has 0 fully saturated rings. The number of nitrogens with zero attached hydrogens (tertiary/aromatic N) is 3. The third-order valence-corrected chi connectivity index (χ3v) is 5.19. The fourth-order valence-corrected chi connectivity index (χ4v) is 3.87. The second-order valence-electron chi connectivity index (χ2n) is 5.64. The largest absolute Gasteiger partial charge is 0.340 e. The molecule has 0 saturated heterocycles. The van der Waals surface area contributed by atoms with E-state index in [1.807, 2.05) is 56.0 Å². The van der Waals surface area contributed by atoms with Crippen molar-refractivity contribution in [3.8, 4) is 5.69 Å². The maximum Gasteiger partial charge on any atom is 0.263 e. The molecule has 0 atom stereocenters. The fraction of sp³-hybridized carbons (Fsp3) is 0.294. The van der Waals surface area contributed by atoms with Crippen LogP contribution in [-0.2, 0) is 0 Å². The van der Waals surface area contributed by atoms with Crippen LogP contribution in [0, 0.1) is 6.92 Å². The van der Waals surface area contributed by atoms with E-state index in [0.29, 0.717) is 11.6 Å². The normalized spacial score (nSPS) is 11.2. The zero-order valence-electron chi connectivity index (χ0n) is 13.8. The number of rotatable bonds is 5. The summed E-state index contributed by atoms with van der Waals surface area (Å²) in [6.07, 6.45) is 0. The van der Waals surface area contributed by atoms with Gasteiger partial charge in [0.05, 0.1) is 16.3 Å². The minimum atomic E-state index is 0.0310. The van der Waals surface area contributed by atoms with E-state index in [9.17, 15) is 4.79 Å². The molecule has 5 nitrogen and oxygen atoms in total. The number of hydrogen-bond donors (Lipinski definition) is 1. The van der Waals surface area contributed by atoms with Gasteiger partial charge in [0.25, 0.3) is 5.91 Å². The van der Waals surface area contributed by atoms with E-state index >= 15 is 0 Å². The Labute approximate surface area is 149 Å². The van der Waals surface area contributed by atoms with Crippen LogP contribution in [0.4, 0.5) is 0 Å². The van der Waals surface area contributed by atoms with Crippen LogP contribution in [0.3, 0.4) is 0 Å². The molecule has 1 N–H and O–H groups in total. The third kappa shape index (κ3) is 3.17. The Balaban J connectivity index is 2.00. The van der Waals surface area contributed by atoms with E-state index in [1.54, 1.807) is 4.90 Å². The molecule has 0 aliphatic rings. The Morgan fingerprint density at radius 2 is 2.21 bits per heavy atom. The molecule has 0 bridgehead atoms. The third-order valence-electron chi connectivity index (χ3n) is 3.85.